The lowest BCUT2D eigenvalue weighted by atomic mass is 10.0. The van der Waals surface area contributed by atoms with Gasteiger partial charge in [0, 0.05) is 30.9 Å². The first-order valence-electron chi connectivity index (χ1n) is 8.84. The van der Waals surface area contributed by atoms with Crippen LogP contribution in [0.4, 0.5) is 0 Å². The second kappa shape index (κ2) is 10.1. The Balaban J connectivity index is 2.33. The van der Waals surface area contributed by atoms with Gasteiger partial charge in [-0.15, -0.1) is 0 Å². The first kappa shape index (κ1) is 20.2. The van der Waals surface area contributed by atoms with Crippen LogP contribution in [0.2, 0.25) is 0 Å². The van der Waals surface area contributed by atoms with E-state index in [1.165, 1.54) is 0 Å². The quantitative estimate of drug-likeness (QED) is 0.708. The van der Waals surface area contributed by atoms with Crippen molar-refractivity contribution in [3.8, 4) is 0 Å². The topological polar surface area (TPSA) is 49.4 Å². The summed E-state index contributed by atoms with van der Waals surface area (Å²) in [5.74, 6) is -0.148. The van der Waals surface area contributed by atoms with Gasteiger partial charge < -0.3 is 10.2 Å². The van der Waals surface area contributed by atoms with E-state index in [0.29, 0.717) is 19.4 Å². The molecule has 0 fully saturated rings. The molecule has 0 aromatic heterocycles. The largest absolute Gasteiger partial charge is 0.357 e. The zero-order chi connectivity index (χ0) is 18.9. The average Bonchev–Trinajstić information content (AvgIpc) is 2.65. The van der Waals surface area contributed by atoms with Gasteiger partial charge >= 0.3 is 0 Å². The third-order valence-corrected chi connectivity index (χ3v) is 4.72. The summed E-state index contributed by atoms with van der Waals surface area (Å²) in [5, 5.41) is 2.72. The van der Waals surface area contributed by atoms with Crippen molar-refractivity contribution >= 4 is 27.7 Å². The summed E-state index contributed by atoms with van der Waals surface area (Å²) in [7, 11) is 1.61. The molecule has 0 aliphatic heterocycles. The van der Waals surface area contributed by atoms with E-state index in [9.17, 15) is 9.59 Å². The van der Waals surface area contributed by atoms with E-state index >= 15 is 0 Å². The monoisotopic (exact) mass is 416 g/mol. The third-order valence-electron chi connectivity index (χ3n) is 4.22. The van der Waals surface area contributed by atoms with Gasteiger partial charge in [0.2, 0.25) is 11.8 Å². The molecule has 0 radical (unpaired) electrons. The van der Waals surface area contributed by atoms with Gasteiger partial charge in [-0.25, -0.2) is 0 Å². The summed E-state index contributed by atoms with van der Waals surface area (Å²) in [6.07, 6.45) is 1.67. The molecule has 5 heteroatoms. The van der Waals surface area contributed by atoms with Gasteiger partial charge in [-0.2, -0.15) is 0 Å². The summed E-state index contributed by atoms with van der Waals surface area (Å²) < 4.78 is 0.956. The predicted molar refractivity (Wildman–Crippen MR) is 108 cm³/mol. The SMILES string of the molecule is CCCC(=O)N(Cc1cccc(Br)c1)[C@@H](Cc1ccccc1)C(=O)NC. The smallest absolute Gasteiger partial charge is 0.242 e. The van der Waals surface area contributed by atoms with Crippen LogP contribution in [0.25, 0.3) is 0 Å². The van der Waals surface area contributed by atoms with Crippen LogP contribution in [0.15, 0.2) is 59.1 Å². The molecule has 0 saturated heterocycles. The summed E-state index contributed by atoms with van der Waals surface area (Å²) in [6.45, 7) is 2.38. The fourth-order valence-corrected chi connectivity index (χ4v) is 3.36. The van der Waals surface area contributed by atoms with Gasteiger partial charge in [0.15, 0.2) is 0 Å². The van der Waals surface area contributed by atoms with Crippen LogP contribution in [0, 0.1) is 0 Å². The maximum Gasteiger partial charge on any atom is 0.242 e. The van der Waals surface area contributed by atoms with Crippen molar-refractivity contribution in [2.75, 3.05) is 7.05 Å². The first-order chi connectivity index (χ1) is 12.5. The van der Waals surface area contributed by atoms with Crippen molar-refractivity contribution < 1.29 is 9.59 Å². The number of carbonyl (C=O) groups excluding carboxylic acids is 2. The Morgan fingerprint density at radius 3 is 2.38 bits per heavy atom. The summed E-state index contributed by atoms with van der Waals surface area (Å²) in [5.41, 5.74) is 2.02. The zero-order valence-corrected chi connectivity index (χ0v) is 16.8. The van der Waals surface area contributed by atoms with Crippen molar-refractivity contribution in [1.29, 1.82) is 0 Å². The van der Waals surface area contributed by atoms with Crippen molar-refractivity contribution in [3.05, 3.63) is 70.2 Å². The highest BCUT2D eigenvalue weighted by molar-refractivity contribution is 9.10. The van der Waals surface area contributed by atoms with Crippen molar-refractivity contribution in [3.63, 3.8) is 0 Å². The molecule has 0 bridgehead atoms. The Labute approximate surface area is 163 Å². The highest BCUT2D eigenvalue weighted by Crippen LogP contribution is 2.18. The molecule has 0 aliphatic carbocycles. The molecule has 2 aromatic rings. The molecule has 138 valence electrons. The fourth-order valence-electron chi connectivity index (χ4n) is 2.91. The molecule has 1 N–H and O–H groups in total. The van der Waals surface area contributed by atoms with Crippen LogP contribution >= 0.6 is 15.9 Å². The molecule has 2 amide bonds. The van der Waals surface area contributed by atoms with Crippen LogP contribution in [0.3, 0.4) is 0 Å². The second-order valence-electron chi connectivity index (χ2n) is 6.22. The highest BCUT2D eigenvalue weighted by Gasteiger charge is 2.29. The van der Waals surface area contributed by atoms with Gasteiger partial charge in [-0.3, -0.25) is 9.59 Å². The molecular formula is C21H25BrN2O2. The van der Waals surface area contributed by atoms with Gasteiger partial charge in [-0.1, -0.05) is 65.3 Å². The number of hydrogen-bond donors (Lipinski definition) is 1. The third kappa shape index (κ3) is 5.70. The molecule has 26 heavy (non-hydrogen) atoms. The van der Waals surface area contributed by atoms with Crippen LogP contribution < -0.4 is 5.32 Å². The van der Waals surface area contributed by atoms with Crippen LogP contribution in [0.1, 0.15) is 30.9 Å². The fraction of sp³-hybridized carbons (Fsp3) is 0.333. The van der Waals surface area contributed by atoms with Crippen molar-refractivity contribution in [2.24, 2.45) is 0 Å². The van der Waals surface area contributed by atoms with E-state index in [-0.39, 0.29) is 11.8 Å². The lowest BCUT2D eigenvalue weighted by Crippen LogP contribution is -2.49. The Kier molecular flexibility index (Phi) is 7.85. The van der Waals surface area contributed by atoms with E-state index < -0.39 is 6.04 Å². The predicted octanol–water partition coefficient (Wildman–Crippen LogP) is 3.94. The minimum Gasteiger partial charge on any atom is -0.357 e. The maximum atomic E-state index is 12.8. The summed E-state index contributed by atoms with van der Waals surface area (Å²) >= 11 is 3.47. The Hall–Kier alpha value is -2.14. The average molecular weight is 417 g/mol. The van der Waals surface area contributed by atoms with Gasteiger partial charge in [0.05, 0.1) is 0 Å². The molecule has 2 aromatic carbocycles. The molecule has 4 nitrogen and oxygen atoms in total. The van der Waals surface area contributed by atoms with Crippen LogP contribution in [0.5, 0.6) is 0 Å². The van der Waals surface area contributed by atoms with E-state index in [0.717, 1.165) is 22.0 Å². The van der Waals surface area contributed by atoms with Gasteiger partial charge in [-0.05, 0) is 29.7 Å². The zero-order valence-electron chi connectivity index (χ0n) is 15.2. The number of nitrogens with one attached hydrogen (secondary N) is 1. The standard InChI is InChI=1S/C21H25BrN2O2/c1-3-8-20(25)24(15-17-11-7-12-18(22)13-17)19(21(26)23-2)14-16-9-5-4-6-10-16/h4-7,9-13,19H,3,8,14-15H2,1-2H3,(H,23,26)/t19-/m0/s1. The number of likely N-dealkylation sites (N-methyl/N-ethyl adjacent to an activating group) is 1. The van der Waals surface area contributed by atoms with E-state index in [4.69, 9.17) is 0 Å². The molecular weight excluding hydrogens is 392 g/mol. The summed E-state index contributed by atoms with van der Waals surface area (Å²) in [4.78, 5) is 27.1. The van der Waals surface area contributed by atoms with E-state index in [2.05, 4.69) is 21.2 Å². The lowest BCUT2D eigenvalue weighted by molar-refractivity contribution is -0.141. The molecule has 0 unspecified atom stereocenters. The van der Waals surface area contributed by atoms with E-state index in [1.807, 2.05) is 61.5 Å². The van der Waals surface area contributed by atoms with E-state index in [1.54, 1.807) is 11.9 Å². The Morgan fingerprint density at radius 2 is 1.77 bits per heavy atom. The number of rotatable bonds is 8. The Bertz CT molecular complexity index is 734. The molecule has 0 aliphatic rings. The van der Waals surface area contributed by atoms with Crippen molar-refractivity contribution in [2.45, 2.75) is 38.8 Å². The normalized spacial score (nSPS) is 11.7. The molecule has 0 spiro atoms. The lowest BCUT2D eigenvalue weighted by Gasteiger charge is -2.31. The molecule has 2 rings (SSSR count). The minimum atomic E-state index is -0.541. The molecule has 1 atom stereocenters. The highest BCUT2D eigenvalue weighted by atomic mass is 79.9. The number of nitrogens with zero attached hydrogens (tertiary/aromatic N) is 1. The minimum absolute atomic E-state index is 0.00277. The number of hydrogen-bond acceptors (Lipinski definition) is 2. The molecule has 0 saturated carbocycles. The number of halogens is 1. The van der Waals surface area contributed by atoms with Crippen molar-refractivity contribution in [1.82, 2.24) is 10.2 Å². The second-order valence-corrected chi connectivity index (χ2v) is 7.14. The van der Waals surface area contributed by atoms with Gasteiger partial charge in [0.25, 0.3) is 0 Å². The van der Waals surface area contributed by atoms with Crippen LogP contribution in [-0.4, -0.2) is 29.8 Å². The van der Waals surface area contributed by atoms with Crippen LogP contribution in [-0.2, 0) is 22.6 Å². The van der Waals surface area contributed by atoms with Gasteiger partial charge in [0.1, 0.15) is 6.04 Å². The maximum absolute atomic E-state index is 12.8. The first-order valence-corrected chi connectivity index (χ1v) is 9.64. The summed E-state index contributed by atoms with van der Waals surface area (Å²) in [6, 6.07) is 17.1. The number of amides is 2. The molecule has 0 heterocycles. The number of benzene rings is 2. The number of carbonyl (C=O) groups is 2. The Morgan fingerprint density at radius 1 is 1.08 bits per heavy atom.